The molecule has 0 aliphatic rings. The zero-order chi connectivity index (χ0) is 13.3. The van der Waals surface area contributed by atoms with E-state index in [0.717, 1.165) is 10.5 Å². The van der Waals surface area contributed by atoms with Gasteiger partial charge >= 0.3 is 6.18 Å². The monoisotopic (exact) mass is 318 g/mol. The summed E-state index contributed by atoms with van der Waals surface area (Å²) in [5.74, 6) is 0. The molecule has 0 saturated heterocycles. The standard InChI is InChI=1S/C12H10BrF3N2/c1-2-17-10-6-11(12(14,15)16)18-9-4-3-7(13)5-8(9)10/h3-6H,2H2,1H3,(H,17,18). The molecule has 0 amide bonds. The first-order chi connectivity index (χ1) is 8.41. The lowest BCUT2D eigenvalue weighted by atomic mass is 10.1. The highest BCUT2D eigenvalue weighted by atomic mass is 79.9. The van der Waals surface area contributed by atoms with Gasteiger partial charge in [0.15, 0.2) is 0 Å². The Labute approximate surface area is 110 Å². The van der Waals surface area contributed by atoms with E-state index in [4.69, 9.17) is 0 Å². The summed E-state index contributed by atoms with van der Waals surface area (Å²) in [6.07, 6.45) is -4.44. The van der Waals surface area contributed by atoms with Crippen LogP contribution in [-0.4, -0.2) is 11.5 Å². The number of fused-ring (bicyclic) bond motifs is 1. The fraction of sp³-hybridized carbons (Fsp3) is 0.250. The second-order valence-electron chi connectivity index (χ2n) is 3.74. The highest BCUT2D eigenvalue weighted by Gasteiger charge is 2.33. The summed E-state index contributed by atoms with van der Waals surface area (Å²) in [6, 6.07) is 6.03. The van der Waals surface area contributed by atoms with Crippen molar-refractivity contribution in [2.75, 3.05) is 11.9 Å². The number of halogens is 4. The molecule has 0 atom stereocenters. The van der Waals surface area contributed by atoms with E-state index < -0.39 is 11.9 Å². The van der Waals surface area contributed by atoms with Gasteiger partial charge in [-0.1, -0.05) is 15.9 Å². The number of hydrogen-bond donors (Lipinski definition) is 1. The quantitative estimate of drug-likeness (QED) is 0.885. The van der Waals surface area contributed by atoms with Gasteiger partial charge in [-0.05, 0) is 31.2 Å². The van der Waals surface area contributed by atoms with Gasteiger partial charge in [-0.15, -0.1) is 0 Å². The average molecular weight is 319 g/mol. The van der Waals surface area contributed by atoms with Crippen LogP contribution in [0.25, 0.3) is 10.9 Å². The van der Waals surface area contributed by atoms with Gasteiger partial charge in [0.2, 0.25) is 0 Å². The van der Waals surface area contributed by atoms with Crippen molar-refractivity contribution >= 4 is 32.5 Å². The molecule has 1 aromatic heterocycles. The molecule has 0 unspecified atom stereocenters. The van der Waals surface area contributed by atoms with E-state index in [1.54, 1.807) is 18.2 Å². The average Bonchev–Trinajstić information content (AvgIpc) is 2.28. The van der Waals surface area contributed by atoms with E-state index in [1.165, 1.54) is 0 Å². The predicted molar refractivity (Wildman–Crippen MR) is 68.6 cm³/mol. The van der Waals surface area contributed by atoms with Crippen LogP contribution in [0.1, 0.15) is 12.6 Å². The molecule has 0 radical (unpaired) electrons. The Morgan fingerprint density at radius 2 is 2.00 bits per heavy atom. The van der Waals surface area contributed by atoms with E-state index in [0.29, 0.717) is 23.1 Å². The van der Waals surface area contributed by atoms with Crippen molar-refractivity contribution in [3.8, 4) is 0 Å². The maximum Gasteiger partial charge on any atom is 0.433 e. The second-order valence-corrected chi connectivity index (χ2v) is 4.66. The smallest absolute Gasteiger partial charge is 0.385 e. The summed E-state index contributed by atoms with van der Waals surface area (Å²) < 4.78 is 38.9. The van der Waals surface area contributed by atoms with Crippen LogP contribution in [0.4, 0.5) is 18.9 Å². The van der Waals surface area contributed by atoms with Crippen LogP contribution < -0.4 is 5.32 Å². The van der Waals surface area contributed by atoms with E-state index in [2.05, 4.69) is 26.2 Å². The van der Waals surface area contributed by atoms with E-state index in [1.807, 2.05) is 6.92 Å². The van der Waals surface area contributed by atoms with Gasteiger partial charge in [0.1, 0.15) is 5.69 Å². The third kappa shape index (κ3) is 2.58. The molecule has 0 spiro atoms. The molecule has 1 aromatic carbocycles. The minimum atomic E-state index is -4.44. The number of alkyl halides is 3. The summed E-state index contributed by atoms with van der Waals surface area (Å²) in [6.45, 7) is 2.38. The van der Waals surface area contributed by atoms with Gasteiger partial charge in [-0.2, -0.15) is 13.2 Å². The van der Waals surface area contributed by atoms with Crippen LogP contribution in [0, 0.1) is 0 Å². The number of hydrogen-bond acceptors (Lipinski definition) is 2. The van der Waals surface area contributed by atoms with Crippen LogP contribution in [0.5, 0.6) is 0 Å². The molecule has 2 rings (SSSR count). The molecule has 2 nitrogen and oxygen atoms in total. The Bertz CT molecular complexity index is 581. The lowest BCUT2D eigenvalue weighted by Gasteiger charge is -2.12. The largest absolute Gasteiger partial charge is 0.433 e. The van der Waals surface area contributed by atoms with Crippen molar-refractivity contribution < 1.29 is 13.2 Å². The second kappa shape index (κ2) is 4.76. The minimum Gasteiger partial charge on any atom is -0.385 e. The molecule has 0 aliphatic carbocycles. The van der Waals surface area contributed by atoms with E-state index >= 15 is 0 Å². The fourth-order valence-corrected chi connectivity index (χ4v) is 2.04. The molecule has 6 heteroatoms. The summed E-state index contributed by atoms with van der Waals surface area (Å²) in [4.78, 5) is 3.64. The maximum atomic E-state index is 12.7. The topological polar surface area (TPSA) is 24.9 Å². The Hall–Kier alpha value is -1.30. The number of benzene rings is 1. The predicted octanol–water partition coefficient (Wildman–Crippen LogP) is 4.45. The zero-order valence-corrected chi connectivity index (χ0v) is 11.1. The van der Waals surface area contributed by atoms with Crippen molar-refractivity contribution in [1.82, 2.24) is 4.98 Å². The summed E-state index contributed by atoms with van der Waals surface area (Å²) >= 11 is 3.30. The normalized spacial score (nSPS) is 11.8. The lowest BCUT2D eigenvalue weighted by Crippen LogP contribution is -2.10. The van der Waals surface area contributed by atoms with Gasteiger partial charge < -0.3 is 5.32 Å². The Morgan fingerprint density at radius 1 is 1.28 bits per heavy atom. The Kier molecular flexibility index (Phi) is 3.47. The molecule has 0 fully saturated rings. The number of nitrogens with zero attached hydrogens (tertiary/aromatic N) is 1. The van der Waals surface area contributed by atoms with Gasteiger partial charge in [0.05, 0.1) is 5.52 Å². The Morgan fingerprint density at radius 3 is 2.61 bits per heavy atom. The number of aromatic nitrogens is 1. The Balaban J connectivity index is 2.70. The number of nitrogens with one attached hydrogen (secondary N) is 1. The van der Waals surface area contributed by atoms with Gasteiger partial charge in [-0.3, -0.25) is 0 Å². The third-order valence-electron chi connectivity index (χ3n) is 2.43. The van der Waals surface area contributed by atoms with E-state index in [9.17, 15) is 13.2 Å². The molecule has 96 valence electrons. The molecule has 1 N–H and O–H groups in total. The van der Waals surface area contributed by atoms with Crippen LogP contribution in [0.2, 0.25) is 0 Å². The van der Waals surface area contributed by atoms with Gasteiger partial charge in [0, 0.05) is 22.1 Å². The van der Waals surface area contributed by atoms with Crippen molar-refractivity contribution in [3.63, 3.8) is 0 Å². The molecule has 2 aromatic rings. The summed E-state index contributed by atoms with van der Waals surface area (Å²) in [5.41, 5.74) is -0.117. The molecular weight excluding hydrogens is 309 g/mol. The molecule has 0 aliphatic heterocycles. The highest BCUT2D eigenvalue weighted by Crippen LogP contribution is 2.33. The maximum absolute atomic E-state index is 12.7. The van der Waals surface area contributed by atoms with Crippen LogP contribution >= 0.6 is 15.9 Å². The third-order valence-corrected chi connectivity index (χ3v) is 2.92. The summed E-state index contributed by atoms with van der Waals surface area (Å²) in [5, 5.41) is 3.60. The molecule has 18 heavy (non-hydrogen) atoms. The number of pyridine rings is 1. The van der Waals surface area contributed by atoms with Gasteiger partial charge in [-0.25, -0.2) is 4.98 Å². The number of rotatable bonds is 2. The molecular formula is C12H10BrF3N2. The van der Waals surface area contributed by atoms with E-state index in [-0.39, 0.29) is 0 Å². The zero-order valence-electron chi connectivity index (χ0n) is 9.48. The first kappa shape index (κ1) is 13.1. The highest BCUT2D eigenvalue weighted by molar-refractivity contribution is 9.10. The van der Waals surface area contributed by atoms with Crippen LogP contribution in [0.3, 0.4) is 0 Å². The van der Waals surface area contributed by atoms with Crippen LogP contribution in [0.15, 0.2) is 28.7 Å². The first-order valence-corrected chi connectivity index (χ1v) is 6.12. The SMILES string of the molecule is CCNc1cc(C(F)(F)F)nc2ccc(Br)cc12. The molecule has 0 bridgehead atoms. The first-order valence-electron chi connectivity index (χ1n) is 5.33. The van der Waals surface area contributed by atoms with Gasteiger partial charge in [0.25, 0.3) is 0 Å². The minimum absolute atomic E-state index is 0.323. The number of anilines is 1. The molecule has 0 saturated carbocycles. The van der Waals surface area contributed by atoms with Crippen molar-refractivity contribution in [3.05, 3.63) is 34.4 Å². The summed E-state index contributed by atoms with van der Waals surface area (Å²) in [7, 11) is 0. The lowest BCUT2D eigenvalue weighted by molar-refractivity contribution is -0.140. The fourth-order valence-electron chi connectivity index (χ4n) is 1.68. The van der Waals surface area contributed by atoms with Crippen molar-refractivity contribution in [2.24, 2.45) is 0 Å². The van der Waals surface area contributed by atoms with Crippen molar-refractivity contribution in [2.45, 2.75) is 13.1 Å². The van der Waals surface area contributed by atoms with Crippen molar-refractivity contribution in [1.29, 1.82) is 0 Å². The van der Waals surface area contributed by atoms with Crippen LogP contribution in [-0.2, 0) is 6.18 Å². The molecule has 1 heterocycles.